The van der Waals surface area contributed by atoms with Crippen molar-refractivity contribution in [1.29, 1.82) is 0 Å². The molecular formula is C23H32O8. The summed E-state index contributed by atoms with van der Waals surface area (Å²) >= 11 is 0. The monoisotopic (exact) mass is 436 g/mol. The molecule has 0 bridgehead atoms. The number of carbonyl (C=O) groups excluding carboxylic acids is 2. The summed E-state index contributed by atoms with van der Waals surface area (Å²) in [5, 5.41) is 19.7. The fourth-order valence-corrected chi connectivity index (χ4v) is 3.24. The van der Waals surface area contributed by atoms with Gasteiger partial charge in [0.15, 0.2) is 6.29 Å². The van der Waals surface area contributed by atoms with Crippen LogP contribution in [0.15, 0.2) is 36.4 Å². The summed E-state index contributed by atoms with van der Waals surface area (Å²) in [6.07, 6.45) is 3.91. The van der Waals surface area contributed by atoms with E-state index in [1.165, 1.54) is 37.5 Å². The number of unbranched alkanes of at least 4 members (excludes halogenated alkanes) is 2. The molecule has 0 saturated carbocycles. The number of benzene rings is 1. The summed E-state index contributed by atoms with van der Waals surface area (Å²) < 4.78 is 21.6. The lowest BCUT2D eigenvalue weighted by Gasteiger charge is -2.38. The van der Waals surface area contributed by atoms with Crippen molar-refractivity contribution in [2.75, 3.05) is 7.11 Å². The molecule has 8 heteroatoms. The highest BCUT2D eigenvalue weighted by atomic mass is 16.7. The molecule has 0 aliphatic carbocycles. The molecule has 0 radical (unpaired) electrons. The number of carbonyl (C=O) groups is 2. The minimum atomic E-state index is -0.917. The van der Waals surface area contributed by atoms with Crippen LogP contribution in [0.5, 0.6) is 5.75 Å². The molecule has 2 unspecified atom stereocenters. The Balaban J connectivity index is 1.73. The molecule has 172 valence electrons. The Kier molecular flexibility index (Phi) is 9.97. The van der Waals surface area contributed by atoms with Gasteiger partial charge in [0.05, 0.1) is 24.9 Å². The van der Waals surface area contributed by atoms with Gasteiger partial charge < -0.3 is 29.2 Å². The van der Waals surface area contributed by atoms with Crippen LogP contribution in [0.4, 0.5) is 0 Å². The smallest absolute Gasteiger partial charge is 0.338 e. The number of allylic oxidation sites excluding steroid dienone is 1. The molecule has 1 saturated heterocycles. The van der Waals surface area contributed by atoms with E-state index in [-0.39, 0.29) is 24.2 Å². The number of hydrogen-bond acceptors (Lipinski definition) is 8. The van der Waals surface area contributed by atoms with Gasteiger partial charge in [-0.25, -0.2) is 9.59 Å². The van der Waals surface area contributed by atoms with Gasteiger partial charge in [-0.05, 0) is 57.4 Å². The first kappa shape index (κ1) is 24.8. The molecule has 1 fully saturated rings. The van der Waals surface area contributed by atoms with Gasteiger partial charge in [0, 0.05) is 12.5 Å². The third-order valence-electron chi connectivity index (χ3n) is 5.07. The maximum Gasteiger partial charge on any atom is 0.338 e. The van der Waals surface area contributed by atoms with Crippen molar-refractivity contribution in [3.05, 3.63) is 42.0 Å². The highest BCUT2D eigenvalue weighted by Gasteiger charge is 2.38. The summed E-state index contributed by atoms with van der Waals surface area (Å²) in [5.74, 6) is -0.837. The molecular weight excluding hydrogens is 404 g/mol. The van der Waals surface area contributed by atoms with Gasteiger partial charge in [-0.3, -0.25) is 0 Å². The van der Waals surface area contributed by atoms with Crippen LogP contribution in [0.2, 0.25) is 0 Å². The lowest BCUT2D eigenvalue weighted by molar-refractivity contribution is -0.273. The first-order valence-electron chi connectivity index (χ1n) is 10.5. The summed E-state index contributed by atoms with van der Waals surface area (Å²) in [5.41, 5.74) is 0.313. The molecule has 31 heavy (non-hydrogen) atoms. The van der Waals surface area contributed by atoms with Gasteiger partial charge in [0.25, 0.3) is 0 Å². The normalized spacial score (nSPS) is 24.6. The lowest BCUT2D eigenvalue weighted by atomic mass is 10.0. The van der Waals surface area contributed by atoms with E-state index in [1.807, 2.05) is 6.92 Å². The Labute approximate surface area is 182 Å². The number of aliphatic hydroxyl groups is 1. The highest BCUT2D eigenvalue weighted by molar-refractivity contribution is 5.89. The topological polar surface area (TPSA) is 112 Å². The molecule has 1 aromatic rings. The lowest BCUT2D eigenvalue weighted by Crippen LogP contribution is -2.49. The summed E-state index contributed by atoms with van der Waals surface area (Å²) in [4.78, 5) is 23.3. The van der Waals surface area contributed by atoms with Crippen LogP contribution in [0, 0.1) is 0 Å². The van der Waals surface area contributed by atoms with E-state index in [1.54, 1.807) is 13.0 Å². The molecule has 1 aliphatic heterocycles. The Morgan fingerprint density at radius 2 is 1.97 bits per heavy atom. The largest absolute Gasteiger partial charge is 0.508 e. The molecule has 1 aromatic carbocycles. The van der Waals surface area contributed by atoms with Gasteiger partial charge in [0.1, 0.15) is 18.0 Å². The van der Waals surface area contributed by atoms with Gasteiger partial charge in [-0.2, -0.15) is 0 Å². The molecule has 2 N–H and O–H groups in total. The van der Waals surface area contributed by atoms with Gasteiger partial charge in [0.2, 0.25) is 0 Å². The quantitative estimate of drug-likeness (QED) is 0.327. The summed E-state index contributed by atoms with van der Waals surface area (Å²) in [7, 11) is 1.34. The minimum Gasteiger partial charge on any atom is -0.508 e. The Hall–Kier alpha value is -2.42. The van der Waals surface area contributed by atoms with Crippen molar-refractivity contribution >= 4 is 11.9 Å². The third-order valence-corrected chi connectivity index (χ3v) is 5.07. The molecule has 0 spiro atoms. The second kappa shape index (κ2) is 12.4. The molecule has 1 heterocycles. The number of phenolic OH excluding ortho intramolecular Hbond substituents is 1. The molecule has 0 aromatic heterocycles. The molecule has 2 rings (SSSR count). The van der Waals surface area contributed by atoms with Crippen LogP contribution in [0.25, 0.3) is 0 Å². The number of esters is 2. The van der Waals surface area contributed by atoms with Crippen molar-refractivity contribution in [2.24, 2.45) is 0 Å². The second-order valence-electron chi connectivity index (χ2n) is 7.66. The van der Waals surface area contributed by atoms with E-state index in [0.717, 1.165) is 25.7 Å². The second-order valence-corrected chi connectivity index (χ2v) is 7.66. The van der Waals surface area contributed by atoms with Crippen molar-refractivity contribution in [1.82, 2.24) is 0 Å². The standard InChI is InChI=1S/C23H32O8/c1-15(8-6-4-5-7-9-21(26)28-3)29-23-19(25)14-20(16(2)30-23)31-22(27)17-10-12-18(24)13-11-17/h7,9-13,15-16,19-20,23-25H,4-6,8,14H2,1-3H3/b9-7+/t15-,16?,19?,20+,23+/m0/s1. The predicted octanol–water partition coefficient (Wildman–Crippen LogP) is 3.11. The first-order chi connectivity index (χ1) is 14.8. The van der Waals surface area contributed by atoms with Crippen LogP contribution in [-0.4, -0.2) is 60.0 Å². The van der Waals surface area contributed by atoms with Gasteiger partial charge in [-0.15, -0.1) is 0 Å². The molecule has 1 aliphatic rings. The molecule has 5 atom stereocenters. The molecule has 8 nitrogen and oxygen atoms in total. The van der Waals surface area contributed by atoms with E-state index in [4.69, 9.17) is 14.2 Å². The van der Waals surface area contributed by atoms with Crippen molar-refractivity contribution in [3.63, 3.8) is 0 Å². The zero-order valence-electron chi connectivity index (χ0n) is 18.2. The number of methoxy groups -OCH3 is 1. The average molecular weight is 437 g/mol. The predicted molar refractivity (Wildman–Crippen MR) is 112 cm³/mol. The Morgan fingerprint density at radius 1 is 1.26 bits per heavy atom. The van der Waals surface area contributed by atoms with E-state index in [9.17, 15) is 19.8 Å². The fourth-order valence-electron chi connectivity index (χ4n) is 3.24. The van der Waals surface area contributed by atoms with E-state index < -0.39 is 30.6 Å². The summed E-state index contributed by atoms with van der Waals surface area (Å²) in [6, 6.07) is 5.77. The van der Waals surface area contributed by atoms with Gasteiger partial charge >= 0.3 is 11.9 Å². The highest BCUT2D eigenvalue weighted by Crippen LogP contribution is 2.26. The number of phenols is 1. The minimum absolute atomic E-state index is 0.0631. The van der Waals surface area contributed by atoms with Crippen LogP contribution < -0.4 is 0 Å². The van der Waals surface area contributed by atoms with Crippen molar-refractivity contribution in [3.8, 4) is 5.75 Å². The SMILES string of the molecule is COC(=O)/C=C/CCCC[C@H](C)O[C@@H]1OC(C)[C@H](OC(=O)c2ccc(O)cc2)CC1O. The fraction of sp³-hybridized carbons (Fsp3) is 0.565. The number of aliphatic hydroxyl groups excluding tert-OH is 1. The number of rotatable bonds is 10. The van der Waals surface area contributed by atoms with E-state index in [2.05, 4.69) is 4.74 Å². The van der Waals surface area contributed by atoms with Crippen LogP contribution in [0.1, 0.15) is 56.3 Å². The zero-order chi connectivity index (χ0) is 22.8. The number of aromatic hydroxyl groups is 1. The van der Waals surface area contributed by atoms with Crippen molar-refractivity contribution < 1.29 is 38.7 Å². The maximum atomic E-state index is 12.3. The van der Waals surface area contributed by atoms with E-state index in [0.29, 0.717) is 5.56 Å². The van der Waals surface area contributed by atoms with Gasteiger partial charge in [-0.1, -0.05) is 12.5 Å². The maximum absolute atomic E-state index is 12.3. The number of ether oxygens (including phenoxy) is 4. The molecule has 0 amide bonds. The van der Waals surface area contributed by atoms with Crippen LogP contribution >= 0.6 is 0 Å². The van der Waals surface area contributed by atoms with Crippen molar-refractivity contribution in [2.45, 2.75) is 76.7 Å². The number of hydrogen-bond donors (Lipinski definition) is 2. The Morgan fingerprint density at radius 3 is 2.65 bits per heavy atom. The van der Waals surface area contributed by atoms with Crippen LogP contribution in [-0.2, 0) is 23.7 Å². The average Bonchev–Trinajstić information content (AvgIpc) is 2.74. The van der Waals surface area contributed by atoms with E-state index >= 15 is 0 Å². The van der Waals surface area contributed by atoms with Crippen LogP contribution in [0.3, 0.4) is 0 Å². The first-order valence-corrected chi connectivity index (χ1v) is 10.5. The Bertz CT molecular complexity index is 730. The summed E-state index contributed by atoms with van der Waals surface area (Å²) in [6.45, 7) is 3.69. The third kappa shape index (κ3) is 8.32. The zero-order valence-corrected chi connectivity index (χ0v) is 18.2.